The number of benzene rings is 4. The van der Waals surface area contributed by atoms with Gasteiger partial charge in [-0.25, -0.2) is 9.59 Å². The molecule has 3 atom stereocenters. The summed E-state index contributed by atoms with van der Waals surface area (Å²) < 4.78 is 5.43. The summed E-state index contributed by atoms with van der Waals surface area (Å²) in [6.07, 6.45) is 0.296. The fraction of sp³-hybridized carbons (Fsp3) is 0.341. The lowest BCUT2D eigenvalue weighted by atomic mass is 9.77. The Hall–Kier alpha value is -5.97. The van der Waals surface area contributed by atoms with Crippen LogP contribution in [0.25, 0.3) is 0 Å². The van der Waals surface area contributed by atoms with Gasteiger partial charge < -0.3 is 31.1 Å². The summed E-state index contributed by atoms with van der Waals surface area (Å²) in [5.41, 5.74) is 1.20. The largest absolute Gasteiger partial charge is 0.480 e. The molecule has 0 fully saturated rings. The quantitative estimate of drug-likeness (QED) is 0.0751. The van der Waals surface area contributed by atoms with Crippen LogP contribution in [0.2, 0.25) is 0 Å². The molecule has 0 radical (unpaired) electrons. The molecule has 11 heteroatoms. The monoisotopic (exact) mass is 748 g/mol. The fourth-order valence-corrected chi connectivity index (χ4v) is 6.32. The summed E-state index contributed by atoms with van der Waals surface area (Å²) in [7, 11) is 0. The van der Waals surface area contributed by atoms with E-state index in [0.29, 0.717) is 12.8 Å². The van der Waals surface area contributed by atoms with Gasteiger partial charge in [0.2, 0.25) is 17.7 Å². The molecule has 0 bridgehead atoms. The highest BCUT2D eigenvalue weighted by molar-refractivity contribution is 5.93. The number of unbranched alkanes of at least 4 members (excludes halogenated alkanes) is 1. The molecule has 4 rings (SSSR count). The number of nitrogens with one attached hydrogen (secondary N) is 4. The van der Waals surface area contributed by atoms with E-state index in [1.54, 1.807) is 45.0 Å². The number of aliphatic carboxylic acids is 1. The number of carbonyl (C=O) groups is 5. The Morgan fingerprint density at radius 1 is 0.618 bits per heavy atom. The fourth-order valence-electron chi connectivity index (χ4n) is 6.32. The van der Waals surface area contributed by atoms with E-state index in [9.17, 15) is 29.1 Å². The third-order valence-electron chi connectivity index (χ3n) is 8.99. The van der Waals surface area contributed by atoms with E-state index in [2.05, 4.69) is 21.3 Å². The number of hydrogen-bond donors (Lipinski definition) is 5. The van der Waals surface area contributed by atoms with E-state index in [-0.39, 0.29) is 25.7 Å². The average molecular weight is 749 g/mol. The van der Waals surface area contributed by atoms with Gasteiger partial charge in [0.25, 0.3) is 0 Å². The van der Waals surface area contributed by atoms with Gasteiger partial charge in [0.05, 0.1) is 0 Å². The Bertz CT molecular complexity index is 1750. The van der Waals surface area contributed by atoms with Gasteiger partial charge in [0, 0.05) is 12.8 Å². The van der Waals surface area contributed by atoms with Gasteiger partial charge in [-0.05, 0) is 55.9 Å². The van der Waals surface area contributed by atoms with Gasteiger partial charge in [-0.3, -0.25) is 14.4 Å². The highest BCUT2D eigenvalue weighted by atomic mass is 16.6. The standard InChI is InChI=1S/C44H52N4O7/c1-5-6-27-36(41(52)53)46-39(50)35(45-40(51)37(30-31-19-11-7-12-20-31)47-42(54)55-43(2,3)4)28-29-38(49)48-44(32-21-13-8-14-22-32,33-23-15-9-16-24-33)34-25-17-10-18-26-34/h7-26,35-37H,5-6,27-30H2,1-4H3,(H,45,51)(H,46,50)(H,47,54)(H,48,49)(H,52,53)/t35-,36-,37-/m1/s1. The van der Waals surface area contributed by atoms with E-state index in [4.69, 9.17) is 4.74 Å². The van der Waals surface area contributed by atoms with Crippen molar-refractivity contribution in [2.24, 2.45) is 0 Å². The molecule has 0 spiro atoms. The number of ether oxygens (including phenoxy) is 1. The van der Waals surface area contributed by atoms with E-state index in [1.165, 1.54) is 0 Å². The number of carboxylic acid groups (broad SMARTS) is 1. The van der Waals surface area contributed by atoms with Crippen molar-refractivity contribution in [1.29, 1.82) is 0 Å². The lowest BCUT2D eigenvalue weighted by Gasteiger charge is -2.37. The molecule has 0 heterocycles. The van der Waals surface area contributed by atoms with Gasteiger partial charge in [-0.2, -0.15) is 0 Å². The van der Waals surface area contributed by atoms with E-state index >= 15 is 0 Å². The zero-order valence-corrected chi connectivity index (χ0v) is 31.9. The maximum Gasteiger partial charge on any atom is 0.408 e. The molecule has 290 valence electrons. The third kappa shape index (κ3) is 12.3. The number of carbonyl (C=O) groups excluding carboxylic acids is 4. The maximum absolute atomic E-state index is 14.2. The molecule has 0 saturated heterocycles. The summed E-state index contributed by atoms with van der Waals surface area (Å²) in [6.45, 7) is 7.00. The number of hydrogen-bond acceptors (Lipinski definition) is 6. The second-order valence-electron chi connectivity index (χ2n) is 14.4. The SMILES string of the molecule is CCCC[C@@H](NC(=O)[C@@H](CCC(=O)NC(c1ccccc1)(c1ccccc1)c1ccccc1)NC(=O)[C@@H](Cc1ccccc1)NC(=O)OC(C)(C)C)C(=O)O. The van der Waals surface area contributed by atoms with Crippen LogP contribution in [0.3, 0.4) is 0 Å². The van der Waals surface area contributed by atoms with Gasteiger partial charge in [-0.15, -0.1) is 0 Å². The molecule has 0 aliphatic carbocycles. The zero-order valence-electron chi connectivity index (χ0n) is 31.9. The molecule has 55 heavy (non-hydrogen) atoms. The van der Waals surface area contributed by atoms with Crippen molar-refractivity contribution in [3.8, 4) is 0 Å². The van der Waals surface area contributed by atoms with Gasteiger partial charge in [-0.1, -0.05) is 141 Å². The highest BCUT2D eigenvalue weighted by Gasteiger charge is 2.38. The summed E-state index contributed by atoms with van der Waals surface area (Å²) in [6, 6.07) is 34.0. The lowest BCUT2D eigenvalue weighted by Crippen LogP contribution is -2.57. The van der Waals surface area contributed by atoms with Crippen LogP contribution in [0.15, 0.2) is 121 Å². The molecule has 0 aliphatic heterocycles. The smallest absolute Gasteiger partial charge is 0.408 e. The van der Waals surface area contributed by atoms with Crippen LogP contribution in [-0.2, 0) is 35.9 Å². The maximum atomic E-state index is 14.2. The molecule has 0 aromatic heterocycles. The van der Waals surface area contributed by atoms with E-state index in [0.717, 1.165) is 22.3 Å². The van der Waals surface area contributed by atoms with Crippen molar-refractivity contribution in [2.45, 2.75) is 95.5 Å². The third-order valence-corrected chi connectivity index (χ3v) is 8.99. The molecule has 11 nitrogen and oxygen atoms in total. The molecule has 0 saturated carbocycles. The summed E-state index contributed by atoms with van der Waals surface area (Å²) in [5, 5.41) is 21.1. The number of amides is 4. The van der Waals surface area contributed by atoms with E-state index in [1.807, 2.05) is 104 Å². The lowest BCUT2D eigenvalue weighted by molar-refractivity contribution is -0.142. The van der Waals surface area contributed by atoms with Crippen molar-refractivity contribution in [2.75, 3.05) is 0 Å². The Morgan fingerprint density at radius 2 is 1.07 bits per heavy atom. The van der Waals surface area contributed by atoms with Crippen LogP contribution < -0.4 is 21.3 Å². The van der Waals surface area contributed by atoms with Crippen molar-refractivity contribution >= 4 is 29.8 Å². The predicted octanol–water partition coefficient (Wildman–Crippen LogP) is 6.26. The minimum absolute atomic E-state index is 0.0722. The first kappa shape index (κ1) is 41.8. The normalized spacial score (nSPS) is 13.0. The Morgan fingerprint density at radius 3 is 1.53 bits per heavy atom. The van der Waals surface area contributed by atoms with Crippen molar-refractivity contribution in [3.05, 3.63) is 144 Å². The number of alkyl carbamates (subject to hydrolysis) is 1. The highest BCUT2D eigenvalue weighted by Crippen LogP contribution is 2.37. The second kappa shape index (κ2) is 19.9. The molecule has 4 aromatic carbocycles. The Kier molecular flexibility index (Phi) is 15.1. The van der Waals surface area contributed by atoms with Crippen LogP contribution in [0.1, 0.15) is 82.1 Å². The van der Waals surface area contributed by atoms with Gasteiger partial charge in [0.1, 0.15) is 29.3 Å². The van der Waals surface area contributed by atoms with Crippen LogP contribution in [-0.4, -0.2) is 58.6 Å². The minimum atomic E-state index is -1.33. The van der Waals surface area contributed by atoms with Crippen LogP contribution in [0, 0.1) is 0 Å². The van der Waals surface area contributed by atoms with E-state index < -0.39 is 59.0 Å². The topological polar surface area (TPSA) is 163 Å². The first-order chi connectivity index (χ1) is 26.3. The van der Waals surface area contributed by atoms with Crippen LogP contribution in [0.5, 0.6) is 0 Å². The molecular formula is C44H52N4O7. The number of carboxylic acids is 1. The Balaban J connectivity index is 1.66. The van der Waals surface area contributed by atoms with Crippen LogP contribution in [0.4, 0.5) is 4.79 Å². The molecule has 0 unspecified atom stereocenters. The Labute approximate surface area is 323 Å². The molecule has 4 amide bonds. The summed E-state index contributed by atoms with van der Waals surface area (Å²) in [4.78, 5) is 67.1. The molecule has 5 N–H and O–H groups in total. The minimum Gasteiger partial charge on any atom is -0.480 e. The first-order valence-electron chi connectivity index (χ1n) is 18.7. The molecule has 4 aromatic rings. The summed E-state index contributed by atoms with van der Waals surface area (Å²) >= 11 is 0. The first-order valence-corrected chi connectivity index (χ1v) is 18.7. The second-order valence-corrected chi connectivity index (χ2v) is 14.4. The zero-order chi connectivity index (χ0) is 39.8. The molecular weight excluding hydrogens is 697 g/mol. The summed E-state index contributed by atoms with van der Waals surface area (Å²) in [5.74, 6) is -3.10. The predicted molar refractivity (Wildman–Crippen MR) is 211 cm³/mol. The van der Waals surface area contributed by atoms with Crippen molar-refractivity contribution < 1.29 is 33.8 Å². The number of rotatable bonds is 18. The van der Waals surface area contributed by atoms with Gasteiger partial charge in [0.15, 0.2) is 0 Å². The van der Waals surface area contributed by atoms with Crippen molar-refractivity contribution in [1.82, 2.24) is 21.3 Å². The van der Waals surface area contributed by atoms with Crippen LogP contribution >= 0.6 is 0 Å². The van der Waals surface area contributed by atoms with Crippen molar-refractivity contribution in [3.63, 3.8) is 0 Å². The molecule has 0 aliphatic rings. The average Bonchev–Trinajstić information content (AvgIpc) is 3.17. The van der Waals surface area contributed by atoms with Gasteiger partial charge >= 0.3 is 12.1 Å².